The molecular formula is C15H5F4N5. The van der Waals surface area contributed by atoms with E-state index in [1.807, 2.05) is 0 Å². The van der Waals surface area contributed by atoms with Crippen molar-refractivity contribution in [1.82, 2.24) is 0 Å². The topological polar surface area (TPSA) is 108 Å². The van der Waals surface area contributed by atoms with Gasteiger partial charge < -0.3 is 0 Å². The maximum Gasteiger partial charge on any atom is 0.251 e. The van der Waals surface area contributed by atoms with E-state index in [1.165, 1.54) is 24.3 Å². The van der Waals surface area contributed by atoms with E-state index < -0.39 is 56.8 Å². The van der Waals surface area contributed by atoms with E-state index in [-0.39, 0.29) is 0 Å². The van der Waals surface area contributed by atoms with Gasteiger partial charge in [0.2, 0.25) is 0 Å². The van der Waals surface area contributed by atoms with Gasteiger partial charge in [0.1, 0.15) is 17.7 Å². The lowest BCUT2D eigenvalue weighted by atomic mass is 9.82. The molecule has 0 aromatic heterocycles. The Morgan fingerprint density at radius 1 is 0.958 bits per heavy atom. The Morgan fingerprint density at radius 2 is 1.54 bits per heavy atom. The first-order valence-corrected chi connectivity index (χ1v) is 6.30. The monoisotopic (exact) mass is 331 g/mol. The summed E-state index contributed by atoms with van der Waals surface area (Å²) < 4.78 is 58.0. The van der Waals surface area contributed by atoms with Crippen LogP contribution in [0.25, 0.3) is 5.57 Å². The van der Waals surface area contributed by atoms with Crippen molar-refractivity contribution >= 4 is 5.57 Å². The first-order chi connectivity index (χ1) is 11.2. The molecular weight excluding hydrogens is 326 g/mol. The lowest BCUT2D eigenvalue weighted by Gasteiger charge is -2.34. The molecule has 24 heavy (non-hydrogen) atoms. The van der Waals surface area contributed by atoms with Crippen molar-refractivity contribution < 1.29 is 17.6 Å². The molecule has 0 spiro atoms. The fraction of sp³-hybridized carbons (Fsp3) is 0.267. The van der Waals surface area contributed by atoms with Crippen LogP contribution in [-0.4, -0.2) is 11.5 Å². The summed E-state index contributed by atoms with van der Waals surface area (Å²) in [5, 5.41) is 33.9. The Kier molecular flexibility index (Phi) is 3.76. The van der Waals surface area contributed by atoms with Crippen LogP contribution >= 0.6 is 0 Å². The Morgan fingerprint density at radius 3 is 2.00 bits per heavy atom. The number of nitrogens with zero attached hydrogens (tertiary/aromatic N) is 5. The Bertz CT molecular complexity index is 1050. The summed E-state index contributed by atoms with van der Waals surface area (Å²) >= 11 is 0. The fourth-order valence-corrected chi connectivity index (χ4v) is 2.41. The molecule has 1 aromatic carbocycles. The average Bonchev–Trinajstić information content (AvgIpc) is 2.52. The standard InChI is InChI=1S/C15H5F4N5/c1-14(18)9(6-23)10-12(17)11(16)7(4-21)8(5-22)13(10)24-15(14,19)2-3-20/h2H2,1H3. The van der Waals surface area contributed by atoms with Gasteiger partial charge in [-0.1, -0.05) is 0 Å². The van der Waals surface area contributed by atoms with Gasteiger partial charge in [-0.3, -0.25) is 0 Å². The van der Waals surface area contributed by atoms with Crippen molar-refractivity contribution in [2.45, 2.75) is 24.8 Å². The highest BCUT2D eigenvalue weighted by molar-refractivity contribution is 5.71. The normalized spacial score (nSPS) is 24.6. The number of halogens is 4. The lowest BCUT2D eigenvalue weighted by Crippen LogP contribution is -2.55. The highest BCUT2D eigenvalue weighted by atomic mass is 19.2. The van der Waals surface area contributed by atoms with Gasteiger partial charge in [0.25, 0.3) is 5.79 Å². The number of hydrogen-bond donors (Lipinski definition) is 0. The first-order valence-electron chi connectivity index (χ1n) is 6.30. The van der Waals surface area contributed by atoms with Crippen molar-refractivity contribution in [3.8, 4) is 24.3 Å². The van der Waals surface area contributed by atoms with E-state index in [2.05, 4.69) is 4.99 Å². The maximum atomic E-state index is 14.9. The minimum Gasteiger partial charge on any atom is -0.239 e. The number of hydrogen-bond acceptors (Lipinski definition) is 5. The van der Waals surface area contributed by atoms with Gasteiger partial charge in [-0.15, -0.1) is 0 Å². The molecule has 0 saturated carbocycles. The molecule has 5 nitrogen and oxygen atoms in total. The fourth-order valence-electron chi connectivity index (χ4n) is 2.41. The Hall–Kier alpha value is -3.43. The van der Waals surface area contributed by atoms with Crippen molar-refractivity contribution in [2.75, 3.05) is 0 Å². The third kappa shape index (κ3) is 1.93. The summed E-state index contributed by atoms with van der Waals surface area (Å²) in [6.07, 6.45) is -1.14. The van der Waals surface area contributed by atoms with Gasteiger partial charge in [-0.05, 0) is 6.92 Å². The van der Waals surface area contributed by atoms with Gasteiger partial charge in [-0.2, -0.15) is 21.0 Å². The molecule has 0 radical (unpaired) electrons. The maximum absolute atomic E-state index is 14.9. The third-order valence-electron chi connectivity index (χ3n) is 3.73. The second-order valence-corrected chi connectivity index (χ2v) is 5.02. The zero-order valence-electron chi connectivity index (χ0n) is 12.0. The van der Waals surface area contributed by atoms with Crippen LogP contribution in [0.15, 0.2) is 4.99 Å². The second-order valence-electron chi connectivity index (χ2n) is 5.02. The molecule has 118 valence electrons. The predicted molar refractivity (Wildman–Crippen MR) is 69.2 cm³/mol. The van der Waals surface area contributed by atoms with Crippen molar-refractivity contribution in [3.63, 3.8) is 0 Å². The third-order valence-corrected chi connectivity index (χ3v) is 3.73. The van der Waals surface area contributed by atoms with Crippen LogP contribution in [0.5, 0.6) is 0 Å². The van der Waals surface area contributed by atoms with Gasteiger partial charge >= 0.3 is 0 Å². The second kappa shape index (κ2) is 5.33. The van der Waals surface area contributed by atoms with E-state index >= 15 is 0 Å². The molecule has 1 aliphatic heterocycles. The molecule has 1 aromatic rings. The van der Waals surface area contributed by atoms with Crippen LogP contribution in [0.1, 0.15) is 24.5 Å². The zero-order valence-corrected chi connectivity index (χ0v) is 12.0. The zero-order chi connectivity index (χ0) is 18.3. The van der Waals surface area contributed by atoms with Crippen LogP contribution in [0, 0.1) is 57.0 Å². The summed E-state index contributed by atoms with van der Waals surface area (Å²) in [5.41, 5.74) is -6.27. The summed E-state index contributed by atoms with van der Waals surface area (Å²) in [4.78, 5) is 3.28. The lowest BCUT2D eigenvalue weighted by molar-refractivity contribution is 0.0185. The molecule has 9 heteroatoms. The molecule has 1 aliphatic rings. The molecule has 0 bridgehead atoms. The van der Waals surface area contributed by atoms with Crippen LogP contribution in [0.2, 0.25) is 0 Å². The molecule has 0 saturated heterocycles. The number of benzene rings is 1. The smallest absolute Gasteiger partial charge is 0.239 e. The number of rotatable bonds is 1. The summed E-state index contributed by atoms with van der Waals surface area (Å²) in [6.45, 7) is 0.566. The molecule has 2 rings (SSSR count). The van der Waals surface area contributed by atoms with E-state index in [0.717, 1.165) is 0 Å². The Balaban J connectivity index is 3.28. The SMILES string of the molecule is CC1(F)C(C#N)=c2c(F)c(F)c(C#N)c(C#N)c2=NC1(F)CC#N. The minimum absolute atomic E-state index is 0.566. The van der Waals surface area contributed by atoms with E-state index in [4.69, 9.17) is 21.0 Å². The minimum atomic E-state index is -3.30. The number of fused-ring (bicyclic) bond motifs is 1. The van der Waals surface area contributed by atoms with Gasteiger partial charge in [-0.25, -0.2) is 22.6 Å². The average molecular weight is 331 g/mol. The van der Waals surface area contributed by atoms with Crippen molar-refractivity contribution in [2.24, 2.45) is 4.99 Å². The molecule has 1 heterocycles. The summed E-state index contributed by atoms with van der Waals surface area (Å²) in [5.74, 6) is -6.86. The summed E-state index contributed by atoms with van der Waals surface area (Å²) in [7, 11) is 0. The van der Waals surface area contributed by atoms with Crippen molar-refractivity contribution in [1.29, 1.82) is 21.0 Å². The van der Waals surface area contributed by atoms with Gasteiger partial charge in [0, 0.05) is 0 Å². The molecule has 0 amide bonds. The van der Waals surface area contributed by atoms with Crippen LogP contribution in [0.4, 0.5) is 17.6 Å². The van der Waals surface area contributed by atoms with Gasteiger partial charge in [0.15, 0.2) is 17.3 Å². The molecule has 2 atom stereocenters. The predicted octanol–water partition coefficient (Wildman–Crippen LogP) is 1.32. The van der Waals surface area contributed by atoms with Crippen LogP contribution in [-0.2, 0) is 0 Å². The molecule has 0 fully saturated rings. The molecule has 0 aliphatic carbocycles. The highest BCUT2D eigenvalue weighted by Crippen LogP contribution is 2.41. The highest BCUT2D eigenvalue weighted by Gasteiger charge is 2.56. The van der Waals surface area contributed by atoms with E-state index in [9.17, 15) is 17.6 Å². The molecule has 0 N–H and O–H groups in total. The van der Waals surface area contributed by atoms with E-state index in [0.29, 0.717) is 6.92 Å². The quantitative estimate of drug-likeness (QED) is 0.571. The van der Waals surface area contributed by atoms with E-state index in [1.54, 1.807) is 0 Å². The van der Waals surface area contributed by atoms with Crippen molar-refractivity contribution in [3.05, 3.63) is 33.3 Å². The summed E-state index contributed by atoms with van der Waals surface area (Å²) in [6, 6.07) is 5.23. The molecule has 2 unspecified atom stereocenters. The largest absolute Gasteiger partial charge is 0.251 e. The number of nitriles is 4. The first kappa shape index (κ1) is 16.9. The van der Waals surface area contributed by atoms with Gasteiger partial charge in [0.05, 0.1) is 40.3 Å². The van der Waals surface area contributed by atoms with Crippen LogP contribution in [0.3, 0.4) is 0 Å². The van der Waals surface area contributed by atoms with Crippen LogP contribution < -0.4 is 10.6 Å². The Labute approximate surface area is 132 Å². The number of alkyl halides is 2.